The van der Waals surface area contributed by atoms with Gasteiger partial charge in [0.25, 0.3) is 0 Å². The first-order chi connectivity index (χ1) is 7.66. The van der Waals surface area contributed by atoms with Crippen molar-refractivity contribution < 1.29 is 4.74 Å². The van der Waals surface area contributed by atoms with Crippen LogP contribution < -0.4 is 10.5 Å². The van der Waals surface area contributed by atoms with Crippen molar-refractivity contribution >= 4 is 28.3 Å². The largest absolute Gasteiger partial charge is 0.455 e. The molecule has 0 saturated carbocycles. The molecule has 16 heavy (non-hydrogen) atoms. The maximum atomic E-state index is 5.94. The second-order valence-corrected chi connectivity index (χ2v) is 4.79. The van der Waals surface area contributed by atoms with E-state index in [0.717, 1.165) is 14.9 Å². The predicted octanol–water partition coefficient (Wildman–Crippen LogP) is 3.97. The van der Waals surface area contributed by atoms with Gasteiger partial charge in [0, 0.05) is 3.57 Å². The third-order valence-electron chi connectivity index (χ3n) is 2.31. The SMILES string of the molecule is Cc1cccc(Oc2cccc(I)c2)c1N. The molecule has 0 aliphatic carbocycles. The number of anilines is 1. The molecule has 3 heteroatoms. The highest BCUT2D eigenvalue weighted by molar-refractivity contribution is 14.1. The van der Waals surface area contributed by atoms with Crippen LogP contribution in [0.1, 0.15) is 5.56 Å². The quantitative estimate of drug-likeness (QED) is 0.670. The highest BCUT2D eigenvalue weighted by Crippen LogP contribution is 2.29. The Labute approximate surface area is 109 Å². The van der Waals surface area contributed by atoms with Crippen LogP contribution in [0.15, 0.2) is 42.5 Å². The third kappa shape index (κ3) is 2.47. The fourth-order valence-corrected chi connectivity index (χ4v) is 1.91. The number of aryl methyl sites for hydroxylation is 1. The molecule has 0 fully saturated rings. The number of hydrogen-bond donors (Lipinski definition) is 1. The van der Waals surface area contributed by atoms with Crippen molar-refractivity contribution in [2.75, 3.05) is 5.73 Å². The summed E-state index contributed by atoms with van der Waals surface area (Å²) in [5, 5.41) is 0. The van der Waals surface area contributed by atoms with E-state index in [0.29, 0.717) is 11.4 Å². The molecule has 2 rings (SSSR count). The number of hydrogen-bond acceptors (Lipinski definition) is 2. The van der Waals surface area contributed by atoms with Crippen molar-refractivity contribution in [1.29, 1.82) is 0 Å². The summed E-state index contributed by atoms with van der Waals surface area (Å²) in [7, 11) is 0. The van der Waals surface area contributed by atoms with E-state index in [4.69, 9.17) is 10.5 Å². The molecule has 0 spiro atoms. The third-order valence-corrected chi connectivity index (χ3v) is 2.98. The maximum Gasteiger partial charge on any atom is 0.150 e. The van der Waals surface area contributed by atoms with Gasteiger partial charge in [-0.05, 0) is 59.3 Å². The van der Waals surface area contributed by atoms with Crippen LogP contribution in [0, 0.1) is 10.5 Å². The fraction of sp³-hybridized carbons (Fsp3) is 0.0769. The Hall–Kier alpha value is -1.23. The molecule has 0 radical (unpaired) electrons. The van der Waals surface area contributed by atoms with Gasteiger partial charge in [-0.1, -0.05) is 18.2 Å². The van der Waals surface area contributed by atoms with Gasteiger partial charge >= 0.3 is 0 Å². The summed E-state index contributed by atoms with van der Waals surface area (Å²) >= 11 is 2.25. The van der Waals surface area contributed by atoms with Gasteiger partial charge in [-0.25, -0.2) is 0 Å². The lowest BCUT2D eigenvalue weighted by Crippen LogP contribution is -1.94. The minimum Gasteiger partial charge on any atom is -0.455 e. The smallest absolute Gasteiger partial charge is 0.150 e. The van der Waals surface area contributed by atoms with Crippen molar-refractivity contribution in [1.82, 2.24) is 0 Å². The topological polar surface area (TPSA) is 35.2 Å². The Kier molecular flexibility index (Phi) is 3.33. The number of ether oxygens (including phenoxy) is 1. The van der Waals surface area contributed by atoms with Gasteiger partial charge in [-0.3, -0.25) is 0 Å². The number of para-hydroxylation sites is 1. The molecule has 0 unspecified atom stereocenters. The van der Waals surface area contributed by atoms with Gasteiger partial charge in [0.1, 0.15) is 5.75 Å². The number of benzene rings is 2. The minimum absolute atomic E-state index is 0.696. The van der Waals surface area contributed by atoms with Crippen molar-refractivity contribution in [2.45, 2.75) is 6.92 Å². The Morgan fingerprint density at radius 1 is 1.12 bits per heavy atom. The first-order valence-electron chi connectivity index (χ1n) is 4.95. The summed E-state index contributed by atoms with van der Waals surface area (Å²) < 4.78 is 6.88. The molecule has 2 nitrogen and oxygen atoms in total. The Balaban J connectivity index is 2.31. The lowest BCUT2D eigenvalue weighted by molar-refractivity contribution is 0.484. The zero-order chi connectivity index (χ0) is 11.5. The molecule has 82 valence electrons. The van der Waals surface area contributed by atoms with E-state index in [1.807, 2.05) is 49.4 Å². The molecule has 0 saturated heterocycles. The zero-order valence-corrected chi connectivity index (χ0v) is 11.1. The zero-order valence-electron chi connectivity index (χ0n) is 8.91. The van der Waals surface area contributed by atoms with E-state index in [-0.39, 0.29) is 0 Å². The Bertz CT molecular complexity index is 511. The monoisotopic (exact) mass is 325 g/mol. The van der Waals surface area contributed by atoms with Crippen LogP contribution in [0.25, 0.3) is 0 Å². The van der Waals surface area contributed by atoms with Crippen molar-refractivity contribution in [3.63, 3.8) is 0 Å². The van der Waals surface area contributed by atoms with Crippen molar-refractivity contribution in [3.8, 4) is 11.5 Å². The van der Waals surface area contributed by atoms with E-state index < -0.39 is 0 Å². The van der Waals surface area contributed by atoms with Crippen LogP contribution in [0.4, 0.5) is 5.69 Å². The van der Waals surface area contributed by atoms with E-state index >= 15 is 0 Å². The summed E-state index contributed by atoms with van der Waals surface area (Å²) in [5.74, 6) is 1.52. The summed E-state index contributed by atoms with van der Waals surface area (Å²) in [6, 6.07) is 13.7. The Morgan fingerprint density at radius 3 is 2.62 bits per heavy atom. The molecule has 0 aromatic heterocycles. The predicted molar refractivity (Wildman–Crippen MR) is 74.8 cm³/mol. The normalized spacial score (nSPS) is 10.1. The van der Waals surface area contributed by atoms with E-state index in [2.05, 4.69) is 22.6 Å². The van der Waals surface area contributed by atoms with Crippen LogP contribution in [-0.4, -0.2) is 0 Å². The van der Waals surface area contributed by atoms with Gasteiger partial charge in [0.15, 0.2) is 5.75 Å². The first-order valence-corrected chi connectivity index (χ1v) is 6.03. The molecule has 0 bridgehead atoms. The van der Waals surface area contributed by atoms with Gasteiger partial charge in [-0.2, -0.15) is 0 Å². The molecule has 2 aromatic rings. The fourth-order valence-electron chi connectivity index (χ4n) is 1.40. The maximum absolute atomic E-state index is 5.94. The van der Waals surface area contributed by atoms with Crippen LogP contribution in [0.3, 0.4) is 0 Å². The van der Waals surface area contributed by atoms with Crippen LogP contribution in [-0.2, 0) is 0 Å². The average molecular weight is 325 g/mol. The van der Waals surface area contributed by atoms with Crippen molar-refractivity contribution in [2.24, 2.45) is 0 Å². The summed E-state index contributed by atoms with van der Waals surface area (Å²) in [6.45, 7) is 1.97. The van der Waals surface area contributed by atoms with Crippen LogP contribution in [0.2, 0.25) is 0 Å². The number of nitrogens with two attached hydrogens (primary N) is 1. The van der Waals surface area contributed by atoms with E-state index in [9.17, 15) is 0 Å². The molecule has 0 atom stereocenters. The van der Waals surface area contributed by atoms with Crippen LogP contribution in [0.5, 0.6) is 11.5 Å². The second-order valence-electron chi connectivity index (χ2n) is 3.55. The summed E-state index contributed by atoms with van der Waals surface area (Å²) in [5.41, 5.74) is 7.67. The lowest BCUT2D eigenvalue weighted by atomic mass is 10.2. The first kappa shape index (κ1) is 11.3. The van der Waals surface area contributed by atoms with Gasteiger partial charge in [0.2, 0.25) is 0 Å². The lowest BCUT2D eigenvalue weighted by Gasteiger charge is -2.10. The summed E-state index contributed by atoms with van der Waals surface area (Å²) in [6.07, 6.45) is 0. The Morgan fingerprint density at radius 2 is 1.88 bits per heavy atom. The molecular weight excluding hydrogens is 313 g/mol. The van der Waals surface area contributed by atoms with Gasteiger partial charge < -0.3 is 10.5 Å². The number of rotatable bonds is 2. The minimum atomic E-state index is 0.696. The second kappa shape index (κ2) is 4.74. The van der Waals surface area contributed by atoms with Crippen LogP contribution >= 0.6 is 22.6 Å². The van der Waals surface area contributed by atoms with E-state index in [1.165, 1.54) is 0 Å². The number of nitrogen functional groups attached to an aromatic ring is 1. The molecule has 0 aliphatic heterocycles. The average Bonchev–Trinajstić information content (AvgIpc) is 2.25. The molecular formula is C13H12INO. The highest BCUT2D eigenvalue weighted by atomic mass is 127. The number of halogens is 1. The highest BCUT2D eigenvalue weighted by Gasteiger charge is 2.03. The molecule has 0 amide bonds. The molecule has 2 N–H and O–H groups in total. The van der Waals surface area contributed by atoms with E-state index in [1.54, 1.807) is 0 Å². The standard InChI is InChI=1S/C13H12INO/c1-9-4-2-7-12(13(9)15)16-11-6-3-5-10(14)8-11/h2-8H,15H2,1H3. The van der Waals surface area contributed by atoms with Crippen molar-refractivity contribution in [3.05, 3.63) is 51.6 Å². The molecule has 0 aliphatic rings. The molecule has 2 aromatic carbocycles. The van der Waals surface area contributed by atoms with Gasteiger partial charge in [0.05, 0.1) is 5.69 Å². The molecule has 0 heterocycles. The summed E-state index contributed by atoms with van der Waals surface area (Å²) in [4.78, 5) is 0. The van der Waals surface area contributed by atoms with Gasteiger partial charge in [-0.15, -0.1) is 0 Å².